The van der Waals surface area contributed by atoms with Crippen LogP contribution in [0.25, 0.3) is 0 Å². The molecular weight excluding hydrogens is 396 g/mol. The molecule has 5 rings (SSSR count). The number of rotatable bonds is 6. The molecule has 0 spiro atoms. The predicted molar refractivity (Wildman–Crippen MR) is 110 cm³/mol. The molecule has 1 atom stereocenters. The van der Waals surface area contributed by atoms with Crippen LogP contribution in [0.15, 0.2) is 23.1 Å². The molecule has 0 aromatic heterocycles. The third-order valence-corrected chi connectivity index (χ3v) is 9.05. The molecule has 0 unspecified atom stereocenters. The van der Waals surface area contributed by atoms with Gasteiger partial charge in [-0.2, -0.15) is 0 Å². The van der Waals surface area contributed by atoms with Gasteiger partial charge in [-0.25, -0.2) is 13.1 Å². The molecule has 1 amide bonds. The second-order valence-corrected chi connectivity index (χ2v) is 11.2. The van der Waals surface area contributed by atoms with Crippen LogP contribution in [-0.2, 0) is 14.8 Å². The van der Waals surface area contributed by atoms with E-state index in [4.69, 9.17) is 11.6 Å². The van der Waals surface area contributed by atoms with Gasteiger partial charge in [-0.05, 0) is 87.3 Å². The van der Waals surface area contributed by atoms with E-state index in [0.717, 1.165) is 11.8 Å². The largest absolute Gasteiger partial charge is 0.353 e. The Morgan fingerprint density at radius 3 is 2.36 bits per heavy atom. The molecule has 4 fully saturated rings. The smallest absolute Gasteiger partial charge is 0.241 e. The Morgan fingerprint density at radius 2 is 1.75 bits per heavy atom. The fourth-order valence-corrected chi connectivity index (χ4v) is 7.67. The number of amides is 1. The molecule has 7 heteroatoms. The Balaban J connectivity index is 1.35. The van der Waals surface area contributed by atoms with Crippen LogP contribution in [0.5, 0.6) is 0 Å². The molecule has 4 aliphatic carbocycles. The van der Waals surface area contributed by atoms with Crippen LogP contribution < -0.4 is 10.0 Å². The number of benzene rings is 1. The van der Waals surface area contributed by atoms with Gasteiger partial charge in [0.1, 0.15) is 0 Å². The third kappa shape index (κ3) is 3.96. The fraction of sp³-hybridized carbons (Fsp3) is 0.667. The van der Waals surface area contributed by atoms with Crippen molar-refractivity contribution in [2.24, 2.45) is 23.7 Å². The minimum absolute atomic E-state index is 0.0597. The normalized spacial score (nSPS) is 32.3. The number of hydrogen-bond donors (Lipinski definition) is 2. The van der Waals surface area contributed by atoms with E-state index < -0.39 is 16.1 Å². The summed E-state index contributed by atoms with van der Waals surface area (Å²) >= 11 is 6.05. The van der Waals surface area contributed by atoms with Crippen molar-refractivity contribution in [2.45, 2.75) is 69.4 Å². The fourth-order valence-electron chi connectivity index (χ4n) is 5.93. The summed E-state index contributed by atoms with van der Waals surface area (Å²) in [6, 6.07) is 4.61. The van der Waals surface area contributed by atoms with Crippen LogP contribution >= 0.6 is 11.6 Å². The van der Waals surface area contributed by atoms with Crippen molar-refractivity contribution in [2.75, 3.05) is 0 Å². The maximum atomic E-state index is 12.7. The molecule has 0 heterocycles. The number of carbonyl (C=O) groups is 1. The van der Waals surface area contributed by atoms with Crippen LogP contribution in [0, 0.1) is 30.6 Å². The van der Waals surface area contributed by atoms with Gasteiger partial charge in [0.2, 0.25) is 15.9 Å². The lowest BCUT2D eigenvalue weighted by Crippen LogP contribution is -2.56. The number of sulfonamides is 1. The first-order valence-electron chi connectivity index (χ1n) is 10.3. The third-order valence-electron chi connectivity index (χ3n) is 6.91. The molecule has 0 saturated heterocycles. The van der Waals surface area contributed by atoms with Gasteiger partial charge < -0.3 is 5.32 Å². The Labute approximate surface area is 172 Å². The molecule has 4 aliphatic rings. The van der Waals surface area contributed by atoms with Crippen molar-refractivity contribution in [1.82, 2.24) is 10.0 Å². The van der Waals surface area contributed by atoms with Crippen molar-refractivity contribution in [1.29, 1.82) is 0 Å². The summed E-state index contributed by atoms with van der Waals surface area (Å²) in [6.07, 6.45) is 6.50. The quantitative estimate of drug-likeness (QED) is 0.731. The highest BCUT2D eigenvalue weighted by molar-refractivity contribution is 7.89. The molecular formula is C21H29ClN2O3S. The molecule has 2 N–H and O–H groups in total. The number of halogens is 1. The van der Waals surface area contributed by atoms with Crippen molar-refractivity contribution in [3.8, 4) is 0 Å². The summed E-state index contributed by atoms with van der Waals surface area (Å²) in [5.41, 5.74) is 0.516. The van der Waals surface area contributed by atoms with Crippen molar-refractivity contribution < 1.29 is 13.2 Å². The first-order valence-corrected chi connectivity index (χ1v) is 12.2. The van der Waals surface area contributed by atoms with Crippen molar-refractivity contribution in [3.63, 3.8) is 0 Å². The maximum Gasteiger partial charge on any atom is 0.241 e. The SMILES string of the molecule is Cc1c(Cl)cccc1S(=O)(=O)N[C@@H](C)CC(=O)NC1C2CC3CC(C2)CC1C3. The summed E-state index contributed by atoms with van der Waals surface area (Å²) in [7, 11) is -3.72. The highest BCUT2D eigenvalue weighted by atomic mass is 35.5. The number of hydrogen-bond acceptors (Lipinski definition) is 3. The lowest BCUT2D eigenvalue weighted by Gasteiger charge is -2.54. The van der Waals surface area contributed by atoms with Gasteiger partial charge in [0.05, 0.1) is 4.90 Å². The van der Waals surface area contributed by atoms with Crippen LogP contribution in [-0.4, -0.2) is 26.4 Å². The standard InChI is InChI=1S/C21H29ClN2O3S/c1-12(24-28(26,27)19-5-3-4-18(22)13(19)2)6-20(25)23-21-16-8-14-7-15(10-16)11-17(21)9-14/h3-5,12,14-17,21,24H,6-11H2,1-2H3,(H,23,25)/t12-,14?,15?,16?,17?,21?/m0/s1. The zero-order chi connectivity index (χ0) is 20.1. The number of carbonyl (C=O) groups excluding carboxylic acids is 1. The monoisotopic (exact) mass is 424 g/mol. The lowest BCUT2D eigenvalue weighted by molar-refractivity contribution is -0.125. The second kappa shape index (κ2) is 7.62. The van der Waals surface area contributed by atoms with E-state index in [-0.39, 0.29) is 23.3 Å². The maximum absolute atomic E-state index is 12.7. The van der Waals surface area contributed by atoms with Crippen molar-refractivity contribution in [3.05, 3.63) is 28.8 Å². The Bertz CT molecular complexity index is 842. The molecule has 5 nitrogen and oxygen atoms in total. The molecule has 28 heavy (non-hydrogen) atoms. The van der Waals surface area contributed by atoms with Gasteiger partial charge in [0, 0.05) is 23.5 Å². The van der Waals surface area contributed by atoms with Gasteiger partial charge in [-0.15, -0.1) is 0 Å². The lowest BCUT2D eigenvalue weighted by atomic mass is 9.54. The van der Waals surface area contributed by atoms with E-state index in [2.05, 4.69) is 10.0 Å². The van der Waals surface area contributed by atoms with Gasteiger partial charge in [-0.3, -0.25) is 4.79 Å². The van der Waals surface area contributed by atoms with Crippen LogP contribution in [0.4, 0.5) is 0 Å². The van der Waals surface area contributed by atoms with E-state index in [1.807, 2.05) is 0 Å². The van der Waals surface area contributed by atoms with Gasteiger partial charge in [0.25, 0.3) is 0 Å². The topological polar surface area (TPSA) is 75.3 Å². The molecule has 154 valence electrons. The molecule has 1 aromatic carbocycles. The average molecular weight is 425 g/mol. The first kappa shape index (κ1) is 20.2. The van der Waals surface area contributed by atoms with E-state index in [1.165, 1.54) is 38.2 Å². The highest BCUT2D eigenvalue weighted by Crippen LogP contribution is 2.53. The molecule has 1 aromatic rings. The zero-order valence-corrected chi connectivity index (χ0v) is 18.0. The van der Waals surface area contributed by atoms with Gasteiger partial charge in [-0.1, -0.05) is 17.7 Å². The summed E-state index contributed by atoms with van der Waals surface area (Å²) in [4.78, 5) is 12.8. The Morgan fingerprint density at radius 1 is 1.14 bits per heavy atom. The molecule has 4 bridgehead atoms. The van der Waals surface area contributed by atoms with Crippen molar-refractivity contribution >= 4 is 27.5 Å². The zero-order valence-electron chi connectivity index (χ0n) is 16.4. The van der Waals surface area contributed by atoms with E-state index >= 15 is 0 Å². The molecule has 0 aliphatic heterocycles. The van der Waals surface area contributed by atoms with Crippen LogP contribution in [0.3, 0.4) is 0 Å². The van der Waals surface area contributed by atoms with Gasteiger partial charge >= 0.3 is 0 Å². The summed E-state index contributed by atoms with van der Waals surface area (Å²) in [5, 5.41) is 3.66. The van der Waals surface area contributed by atoms with Gasteiger partial charge in [0.15, 0.2) is 0 Å². The first-order chi connectivity index (χ1) is 13.2. The highest BCUT2D eigenvalue weighted by Gasteiger charge is 2.48. The second-order valence-electron chi connectivity index (χ2n) is 9.11. The molecule has 0 radical (unpaired) electrons. The predicted octanol–water partition coefficient (Wildman–Crippen LogP) is 3.65. The Kier molecular flexibility index (Phi) is 5.49. The average Bonchev–Trinajstić information content (AvgIpc) is 2.59. The minimum atomic E-state index is -3.72. The Hall–Kier alpha value is -1.11. The summed E-state index contributed by atoms with van der Waals surface area (Å²) < 4.78 is 28.0. The van der Waals surface area contributed by atoms with Crippen LogP contribution in [0.1, 0.15) is 51.0 Å². The molecule has 4 saturated carbocycles. The number of nitrogens with one attached hydrogen (secondary N) is 2. The van der Waals surface area contributed by atoms with Crippen LogP contribution in [0.2, 0.25) is 5.02 Å². The van der Waals surface area contributed by atoms with E-state index in [1.54, 1.807) is 26.0 Å². The summed E-state index contributed by atoms with van der Waals surface area (Å²) in [6.45, 7) is 3.41. The minimum Gasteiger partial charge on any atom is -0.353 e. The van der Waals surface area contributed by atoms with E-state index in [9.17, 15) is 13.2 Å². The summed E-state index contributed by atoms with van der Waals surface area (Å²) in [5.74, 6) is 2.89. The van der Waals surface area contributed by atoms with E-state index in [0.29, 0.717) is 22.4 Å².